The van der Waals surface area contributed by atoms with Crippen molar-refractivity contribution in [2.75, 3.05) is 0 Å². The fraction of sp³-hybridized carbons (Fsp3) is 0.900. The monoisotopic (exact) mass is 185 g/mol. The Hall–Kier alpha value is -0.570. The first-order valence-corrected chi connectivity index (χ1v) is 4.76. The number of hydrogen-bond donors (Lipinski definition) is 1. The predicted molar refractivity (Wildman–Crippen MR) is 52.6 cm³/mol. The van der Waals surface area contributed by atoms with Crippen LogP contribution in [0.5, 0.6) is 0 Å². The van der Waals surface area contributed by atoms with Crippen LogP contribution in [0.2, 0.25) is 0 Å². The molecule has 76 valence electrons. The van der Waals surface area contributed by atoms with E-state index in [9.17, 15) is 5.11 Å². The van der Waals surface area contributed by atoms with E-state index in [2.05, 4.69) is 32.9 Å². The van der Waals surface area contributed by atoms with Crippen molar-refractivity contribution in [1.82, 2.24) is 0 Å². The summed E-state index contributed by atoms with van der Waals surface area (Å²) in [5.74, 6) is 0.208. The van der Waals surface area contributed by atoms with Crippen LogP contribution in [0.25, 0.3) is 0 Å². The predicted octanol–water partition coefficient (Wildman–Crippen LogP) is 1.80. The van der Waals surface area contributed by atoms with Gasteiger partial charge < -0.3 is 9.94 Å². The third-order valence-corrected chi connectivity index (χ3v) is 2.44. The Kier molecular flexibility index (Phi) is 2.66. The maximum Gasteiger partial charge on any atom is 0.160 e. The van der Waals surface area contributed by atoms with E-state index in [4.69, 9.17) is 4.84 Å². The molecule has 3 nitrogen and oxygen atoms in total. The number of oxime groups is 1. The highest BCUT2D eigenvalue weighted by atomic mass is 16.7. The molecular formula is C10H19NO2. The van der Waals surface area contributed by atoms with E-state index in [1.807, 2.05) is 0 Å². The van der Waals surface area contributed by atoms with Gasteiger partial charge in [-0.05, 0) is 6.92 Å². The highest BCUT2D eigenvalue weighted by Gasteiger charge is 2.38. The zero-order chi connectivity index (χ0) is 10.2. The first kappa shape index (κ1) is 10.5. The van der Waals surface area contributed by atoms with Crippen molar-refractivity contribution in [3.8, 4) is 0 Å². The van der Waals surface area contributed by atoms with Crippen LogP contribution < -0.4 is 0 Å². The molecule has 0 aromatic heterocycles. The molecule has 1 N–H and O–H groups in total. The summed E-state index contributed by atoms with van der Waals surface area (Å²) in [6.45, 7) is 10.1. The number of rotatable bonds is 1. The van der Waals surface area contributed by atoms with Gasteiger partial charge in [0.15, 0.2) is 6.10 Å². The van der Waals surface area contributed by atoms with Crippen molar-refractivity contribution in [3.05, 3.63) is 0 Å². The molecule has 3 unspecified atom stereocenters. The molecule has 0 bridgehead atoms. The normalized spacial score (nSPS) is 31.1. The summed E-state index contributed by atoms with van der Waals surface area (Å²) in [6, 6.07) is 0. The average molecular weight is 185 g/mol. The van der Waals surface area contributed by atoms with Crippen LogP contribution in [0.3, 0.4) is 0 Å². The molecule has 0 spiro atoms. The van der Waals surface area contributed by atoms with Crippen LogP contribution in [0.4, 0.5) is 0 Å². The quantitative estimate of drug-likeness (QED) is 0.677. The molecule has 3 atom stereocenters. The topological polar surface area (TPSA) is 41.8 Å². The molecule has 1 aliphatic heterocycles. The molecule has 0 aliphatic carbocycles. The summed E-state index contributed by atoms with van der Waals surface area (Å²) in [7, 11) is 0. The highest BCUT2D eigenvalue weighted by molar-refractivity contribution is 5.92. The van der Waals surface area contributed by atoms with Crippen molar-refractivity contribution in [1.29, 1.82) is 0 Å². The molecule has 0 amide bonds. The van der Waals surface area contributed by atoms with Crippen molar-refractivity contribution >= 4 is 5.71 Å². The van der Waals surface area contributed by atoms with E-state index in [0.29, 0.717) is 0 Å². The van der Waals surface area contributed by atoms with Crippen LogP contribution in [0, 0.1) is 11.3 Å². The van der Waals surface area contributed by atoms with E-state index < -0.39 is 6.10 Å². The van der Waals surface area contributed by atoms with Crippen molar-refractivity contribution < 1.29 is 9.94 Å². The summed E-state index contributed by atoms with van der Waals surface area (Å²) in [5, 5.41) is 13.5. The first-order chi connectivity index (χ1) is 5.84. The van der Waals surface area contributed by atoms with E-state index in [-0.39, 0.29) is 17.4 Å². The second kappa shape index (κ2) is 3.29. The molecule has 1 aliphatic rings. The maximum absolute atomic E-state index is 9.41. The zero-order valence-electron chi connectivity index (χ0n) is 9.03. The fourth-order valence-electron chi connectivity index (χ4n) is 1.77. The third kappa shape index (κ3) is 2.02. The SMILES string of the molecule is CC(O)C1ON=C(C(C)(C)C)C1C. The molecule has 0 radical (unpaired) electrons. The zero-order valence-corrected chi connectivity index (χ0v) is 9.03. The van der Waals surface area contributed by atoms with Crippen LogP contribution >= 0.6 is 0 Å². The lowest BCUT2D eigenvalue weighted by molar-refractivity contribution is -0.0242. The minimum Gasteiger partial charge on any atom is -0.389 e. The van der Waals surface area contributed by atoms with Gasteiger partial charge in [-0.25, -0.2) is 0 Å². The van der Waals surface area contributed by atoms with Crippen molar-refractivity contribution in [3.63, 3.8) is 0 Å². The second-order valence-electron chi connectivity index (χ2n) is 4.83. The third-order valence-electron chi connectivity index (χ3n) is 2.44. The summed E-state index contributed by atoms with van der Waals surface area (Å²) in [4.78, 5) is 5.20. The van der Waals surface area contributed by atoms with E-state index >= 15 is 0 Å². The number of aliphatic hydroxyl groups is 1. The van der Waals surface area contributed by atoms with Crippen LogP contribution in [0.15, 0.2) is 5.16 Å². The van der Waals surface area contributed by atoms with E-state index in [1.165, 1.54) is 0 Å². The summed E-state index contributed by atoms with van der Waals surface area (Å²) in [5.41, 5.74) is 1.07. The largest absolute Gasteiger partial charge is 0.389 e. The molecule has 0 fully saturated rings. The summed E-state index contributed by atoms with van der Waals surface area (Å²) >= 11 is 0. The standard InChI is InChI=1S/C10H19NO2/c1-6-8(7(2)12)13-11-9(6)10(3,4)5/h6-8,12H,1-5H3. The van der Waals surface area contributed by atoms with Crippen LogP contribution in [0.1, 0.15) is 34.6 Å². The molecular weight excluding hydrogens is 166 g/mol. The van der Waals surface area contributed by atoms with Crippen LogP contribution in [-0.2, 0) is 4.84 Å². The Labute approximate surface area is 79.8 Å². The molecule has 13 heavy (non-hydrogen) atoms. The van der Waals surface area contributed by atoms with E-state index in [1.54, 1.807) is 6.92 Å². The Morgan fingerprint density at radius 2 is 2.00 bits per heavy atom. The van der Waals surface area contributed by atoms with Crippen molar-refractivity contribution in [2.45, 2.75) is 46.8 Å². The van der Waals surface area contributed by atoms with Gasteiger partial charge in [-0.3, -0.25) is 0 Å². The molecule has 1 rings (SSSR count). The average Bonchev–Trinajstić information content (AvgIpc) is 2.28. The van der Waals surface area contributed by atoms with Gasteiger partial charge in [0.1, 0.15) is 0 Å². The van der Waals surface area contributed by atoms with Gasteiger partial charge in [0.2, 0.25) is 0 Å². The van der Waals surface area contributed by atoms with Gasteiger partial charge in [-0.15, -0.1) is 0 Å². The number of aliphatic hydroxyl groups excluding tert-OH is 1. The van der Waals surface area contributed by atoms with E-state index in [0.717, 1.165) is 5.71 Å². The van der Waals surface area contributed by atoms with Crippen LogP contribution in [-0.4, -0.2) is 23.0 Å². The molecule has 0 saturated carbocycles. The minimum absolute atomic E-state index is 0.0308. The first-order valence-electron chi connectivity index (χ1n) is 4.76. The Morgan fingerprint density at radius 3 is 2.23 bits per heavy atom. The Balaban J connectivity index is 2.74. The summed E-state index contributed by atoms with van der Waals surface area (Å²) in [6.07, 6.45) is -0.632. The molecule has 3 heteroatoms. The lowest BCUT2D eigenvalue weighted by Gasteiger charge is -2.23. The van der Waals surface area contributed by atoms with Gasteiger partial charge in [0.25, 0.3) is 0 Å². The molecule has 0 aromatic carbocycles. The minimum atomic E-state index is -0.460. The highest BCUT2D eigenvalue weighted by Crippen LogP contribution is 2.31. The lowest BCUT2D eigenvalue weighted by atomic mass is 9.80. The van der Waals surface area contributed by atoms with Crippen molar-refractivity contribution in [2.24, 2.45) is 16.5 Å². The van der Waals surface area contributed by atoms with Gasteiger partial charge in [0.05, 0.1) is 11.8 Å². The molecule has 1 heterocycles. The lowest BCUT2D eigenvalue weighted by Crippen LogP contribution is -2.35. The number of hydrogen-bond acceptors (Lipinski definition) is 3. The van der Waals surface area contributed by atoms with Gasteiger partial charge in [0, 0.05) is 11.3 Å². The number of nitrogens with zero attached hydrogens (tertiary/aromatic N) is 1. The summed E-state index contributed by atoms with van der Waals surface area (Å²) < 4.78 is 0. The van der Waals surface area contributed by atoms with Gasteiger partial charge in [-0.2, -0.15) is 0 Å². The second-order valence-corrected chi connectivity index (χ2v) is 4.83. The molecule has 0 aromatic rings. The Bertz CT molecular complexity index is 215. The fourth-order valence-corrected chi connectivity index (χ4v) is 1.77. The molecule has 0 saturated heterocycles. The Morgan fingerprint density at radius 1 is 1.46 bits per heavy atom. The van der Waals surface area contributed by atoms with Gasteiger partial charge in [-0.1, -0.05) is 32.9 Å². The van der Waals surface area contributed by atoms with Gasteiger partial charge >= 0.3 is 0 Å². The smallest absolute Gasteiger partial charge is 0.160 e. The maximum atomic E-state index is 9.41.